The summed E-state index contributed by atoms with van der Waals surface area (Å²) in [5.74, 6) is -1.61. The molecule has 0 bridgehead atoms. The molecule has 0 aromatic carbocycles. The lowest BCUT2D eigenvalue weighted by Gasteiger charge is -2.09. The Kier molecular flexibility index (Phi) is 21.1. The van der Waals surface area contributed by atoms with E-state index in [2.05, 4.69) is 0 Å². The first-order chi connectivity index (χ1) is 11.5. The lowest BCUT2D eigenvalue weighted by atomic mass is 10.3. The van der Waals surface area contributed by atoms with Crippen molar-refractivity contribution < 1.29 is 34.1 Å². The predicted molar refractivity (Wildman–Crippen MR) is 96.2 cm³/mol. The zero-order valence-corrected chi connectivity index (χ0v) is 16.7. The van der Waals surface area contributed by atoms with Crippen molar-refractivity contribution in [3.05, 3.63) is 0 Å². The van der Waals surface area contributed by atoms with Crippen LogP contribution in [0.5, 0.6) is 0 Å². The maximum Gasteiger partial charge on any atom is 0.306 e. The molecule has 0 aromatic heterocycles. The number of carboxylic acids is 1. The molecule has 0 amide bonds. The Morgan fingerprint density at radius 1 is 0.840 bits per heavy atom. The molecule has 2 N–H and O–H groups in total. The van der Waals surface area contributed by atoms with Crippen LogP contribution in [-0.2, 0) is 23.9 Å². The summed E-state index contributed by atoms with van der Waals surface area (Å²) in [4.78, 5) is 31.1. The molecule has 0 radical (unpaired) electrons. The van der Waals surface area contributed by atoms with E-state index in [9.17, 15) is 14.4 Å². The van der Waals surface area contributed by atoms with Crippen molar-refractivity contribution >= 4 is 17.9 Å². The number of esters is 2. The van der Waals surface area contributed by atoms with Crippen molar-refractivity contribution in [2.45, 2.75) is 98.9 Å². The van der Waals surface area contributed by atoms with Gasteiger partial charge in [0.15, 0.2) is 0 Å². The van der Waals surface area contributed by atoms with Crippen molar-refractivity contribution in [2.24, 2.45) is 0 Å². The van der Waals surface area contributed by atoms with Gasteiger partial charge in [0.05, 0.1) is 31.2 Å². The van der Waals surface area contributed by atoms with Gasteiger partial charge in [-0.15, -0.1) is 0 Å². The molecule has 150 valence electrons. The summed E-state index contributed by atoms with van der Waals surface area (Å²) in [6.07, 6.45) is 2.14. The van der Waals surface area contributed by atoms with E-state index in [1.54, 1.807) is 13.8 Å². The number of carbonyl (C=O) groups is 3. The monoisotopic (exact) mass is 364 g/mol. The molecule has 0 fully saturated rings. The van der Waals surface area contributed by atoms with Gasteiger partial charge in [-0.2, -0.15) is 0 Å². The first-order valence-electron chi connectivity index (χ1n) is 8.76. The number of hydrogen-bond acceptors (Lipinski definition) is 6. The highest BCUT2D eigenvalue weighted by atomic mass is 16.5. The topological polar surface area (TPSA) is 110 Å². The van der Waals surface area contributed by atoms with E-state index in [0.717, 1.165) is 19.3 Å². The van der Waals surface area contributed by atoms with E-state index in [1.807, 2.05) is 27.7 Å². The van der Waals surface area contributed by atoms with Crippen LogP contribution in [0.4, 0.5) is 0 Å². The Balaban J connectivity index is -0.000000321. The minimum atomic E-state index is -0.976. The second kappa shape index (κ2) is 18.7. The second-order valence-corrected chi connectivity index (χ2v) is 5.69. The van der Waals surface area contributed by atoms with E-state index in [0.29, 0.717) is 0 Å². The van der Waals surface area contributed by atoms with Crippen LogP contribution in [0.1, 0.15) is 80.6 Å². The Morgan fingerprint density at radius 3 is 1.48 bits per heavy atom. The smallest absolute Gasteiger partial charge is 0.306 e. The molecule has 0 aliphatic carbocycles. The second-order valence-electron chi connectivity index (χ2n) is 5.69. The Morgan fingerprint density at radius 2 is 1.24 bits per heavy atom. The maximum absolute atomic E-state index is 10.8. The van der Waals surface area contributed by atoms with Gasteiger partial charge in [-0.3, -0.25) is 14.4 Å². The third-order valence-electron chi connectivity index (χ3n) is 2.98. The highest BCUT2D eigenvalue weighted by molar-refractivity contribution is 5.76. The fourth-order valence-electron chi connectivity index (χ4n) is 0.942. The van der Waals surface area contributed by atoms with Crippen molar-refractivity contribution in [1.29, 1.82) is 0 Å². The van der Waals surface area contributed by atoms with Gasteiger partial charge >= 0.3 is 17.9 Å². The fraction of sp³-hybridized carbons (Fsp3) is 0.833. The molecule has 7 heteroatoms. The lowest BCUT2D eigenvalue weighted by Crippen LogP contribution is -2.14. The van der Waals surface area contributed by atoms with Gasteiger partial charge in [-0.05, 0) is 40.0 Å². The van der Waals surface area contributed by atoms with E-state index >= 15 is 0 Å². The Hall–Kier alpha value is -1.63. The van der Waals surface area contributed by atoms with E-state index in [4.69, 9.17) is 19.7 Å². The normalized spacial score (nSPS) is 13.0. The van der Waals surface area contributed by atoms with E-state index in [-0.39, 0.29) is 37.1 Å². The summed E-state index contributed by atoms with van der Waals surface area (Å²) in [6, 6.07) is 0. The molecule has 0 aliphatic heterocycles. The molecule has 25 heavy (non-hydrogen) atoms. The van der Waals surface area contributed by atoms with Crippen molar-refractivity contribution in [2.75, 3.05) is 0 Å². The number of hydrogen-bond donors (Lipinski definition) is 2. The zero-order valence-electron chi connectivity index (χ0n) is 16.7. The number of carbonyl (C=O) groups excluding carboxylic acids is 2. The summed E-state index contributed by atoms with van der Waals surface area (Å²) >= 11 is 0. The first kappa shape index (κ1) is 28.2. The molecular weight excluding hydrogens is 328 g/mol. The molecule has 0 rings (SSSR count). The molecule has 0 heterocycles. The lowest BCUT2D eigenvalue weighted by molar-refractivity contribution is -0.151. The summed E-state index contributed by atoms with van der Waals surface area (Å²) in [5.41, 5.74) is 0. The van der Waals surface area contributed by atoms with Crippen molar-refractivity contribution in [1.82, 2.24) is 0 Å². The van der Waals surface area contributed by atoms with Crippen LogP contribution in [0, 0.1) is 0 Å². The maximum atomic E-state index is 10.8. The van der Waals surface area contributed by atoms with Gasteiger partial charge in [-0.25, -0.2) is 0 Å². The number of rotatable bonds is 8. The third-order valence-corrected chi connectivity index (χ3v) is 2.98. The van der Waals surface area contributed by atoms with Gasteiger partial charge in [-0.1, -0.05) is 20.8 Å². The van der Waals surface area contributed by atoms with E-state index in [1.165, 1.54) is 6.92 Å². The molecule has 3 unspecified atom stereocenters. The SMILES string of the molecule is CCC(C)O.CCC(C)OC(=O)CCC(=O)O.CCC(C)OC(C)=O. The number of ether oxygens (including phenoxy) is 2. The fourth-order valence-corrected chi connectivity index (χ4v) is 0.942. The van der Waals surface area contributed by atoms with Gasteiger partial charge in [0.2, 0.25) is 0 Å². The minimum absolute atomic E-state index is 0.0420. The van der Waals surface area contributed by atoms with Gasteiger partial charge < -0.3 is 19.7 Å². The van der Waals surface area contributed by atoms with Crippen molar-refractivity contribution in [3.8, 4) is 0 Å². The predicted octanol–water partition coefficient (Wildman–Crippen LogP) is 3.32. The summed E-state index contributed by atoms with van der Waals surface area (Å²) in [6.45, 7) is 12.7. The first-order valence-corrected chi connectivity index (χ1v) is 8.76. The minimum Gasteiger partial charge on any atom is -0.481 e. The quantitative estimate of drug-likeness (QED) is 0.636. The summed E-state index contributed by atoms with van der Waals surface area (Å²) < 4.78 is 9.61. The molecule has 7 nitrogen and oxygen atoms in total. The molecule has 0 saturated carbocycles. The molecule has 0 saturated heterocycles. The van der Waals surface area contributed by atoms with Crippen LogP contribution in [0.25, 0.3) is 0 Å². The van der Waals surface area contributed by atoms with Gasteiger partial charge in [0.25, 0.3) is 0 Å². The van der Waals surface area contributed by atoms with Crippen LogP contribution >= 0.6 is 0 Å². The van der Waals surface area contributed by atoms with Gasteiger partial charge in [0.1, 0.15) is 0 Å². The highest BCUT2D eigenvalue weighted by Crippen LogP contribution is 2.00. The average molecular weight is 364 g/mol. The van der Waals surface area contributed by atoms with Crippen LogP contribution in [-0.4, -0.2) is 46.4 Å². The molecule has 0 aromatic rings. The molecule has 3 atom stereocenters. The van der Waals surface area contributed by atoms with Crippen molar-refractivity contribution in [3.63, 3.8) is 0 Å². The van der Waals surface area contributed by atoms with Crippen LogP contribution in [0.2, 0.25) is 0 Å². The van der Waals surface area contributed by atoms with Crippen LogP contribution in [0.15, 0.2) is 0 Å². The Labute approximate surface area is 151 Å². The largest absolute Gasteiger partial charge is 0.481 e. The third kappa shape index (κ3) is 30.8. The van der Waals surface area contributed by atoms with Crippen LogP contribution in [0.3, 0.4) is 0 Å². The number of aliphatic hydroxyl groups is 1. The zero-order chi connectivity index (χ0) is 20.4. The molecule has 0 aliphatic rings. The molecular formula is C18H36O7. The standard InChI is InChI=1S/C8H14O4.C6H12O2.C4H10O/c1-3-6(2)12-8(11)5-4-7(9)10;1-4-5(2)8-6(3)7;1-3-4(2)5/h6H,3-5H2,1-2H3,(H,9,10);5H,4H2,1-3H3;4-5H,3H2,1-2H3. The number of aliphatic carboxylic acids is 1. The van der Waals surface area contributed by atoms with Gasteiger partial charge in [0, 0.05) is 6.92 Å². The van der Waals surface area contributed by atoms with Crippen LogP contribution < -0.4 is 0 Å². The molecule has 0 spiro atoms. The number of carboxylic acid groups (broad SMARTS) is 1. The Bertz CT molecular complexity index is 353. The van der Waals surface area contributed by atoms with E-state index < -0.39 is 11.9 Å². The average Bonchev–Trinajstić information content (AvgIpc) is 2.53. The summed E-state index contributed by atoms with van der Waals surface area (Å²) in [7, 11) is 0. The summed E-state index contributed by atoms with van der Waals surface area (Å²) in [5, 5.41) is 16.6. The number of aliphatic hydroxyl groups excluding tert-OH is 1. The highest BCUT2D eigenvalue weighted by Gasteiger charge is 2.09.